The Morgan fingerprint density at radius 3 is 2.33 bits per heavy atom. The maximum absolute atomic E-state index is 12.8. The average Bonchev–Trinajstić information content (AvgIpc) is 2.80. The van der Waals surface area contributed by atoms with Crippen molar-refractivity contribution in [2.24, 2.45) is 5.92 Å². The van der Waals surface area contributed by atoms with Crippen LogP contribution in [0.3, 0.4) is 0 Å². The first kappa shape index (κ1) is 22.4. The van der Waals surface area contributed by atoms with Crippen molar-refractivity contribution >= 4 is 33.4 Å². The highest BCUT2D eigenvalue weighted by Gasteiger charge is 2.09. The summed E-state index contributed by atoms with van der Waals surface area (Å²) in [6.07, 6.45) is 4.71. The number of aromatic nitrogens is 4. The third-order valence-electron chi connectivity index (χ3n) is 5.59. The molecule has 8 nitrogen and oxygen atoms in total. The van der Waals surface area contributed by atoms with Crippen molar-refractivity contribution in [1.29, 1.82) is 0 Å². The van der Waals surface area contributed by atoms with Crippen LogP contribution in [0.4, 0.5) is 5.69 Å². The van der Waals surface area contributed by atoms with Gasteiger partial charge in [-0.25, -0.2) is 9.97 Å². The number of benzene rings is 2. The minimum absolute atomic E-state index is 0.111. The Hall–Kier alpha value is -3.81. The van der Waals surface area contributed by atoms with Gasteiger partial charge in [0.2, 0.25) is 5.91 Å². The highest BCUT2D eigenvalue weighted by Crippen LogP contribution is 2.15. The van der Waals surface area contributed by atoms with Crippen LogP contribution in [0, 0.1) is 5.92 Å². The van der Waals surface area contributed by atoms with E-state index < -0.39 is 0 Å². The first-order chi connectivity index (χ1) is 15.9. The largest absolute Gasteiger partial charge is 0.326 e. The van der Waals surface area contributed by atoms with Crippen LogP contribution < -0.4 is 16.4 Å². The molecule has 2 aromatic carbocycles. The first-order valence-corrected chi connectivity index (χ1v) is 11.2. The lowest BCUT2D eigenvalue weighted by Gasteiger charge is -2.10. The van der Waals surface area contributed by atoms with Crippen LogP contribution in [0.5, 0.6) is 0 Å². The fraction of sp³-hybridized carbons (Fsp3) is 0.320. The van der Waals surface area contributed by atoms with E-state index in [1.54, 1.807) is 47.3 Å². The molecule has 0 atom stereocenters. The van der Waals surface area contributed by atoms with Gasteiger partial charge < -0.3 is 5.32 Å². The lowest BCUT2D eigenvalue weighted by molar-refractivity contribution is -0.116. The summed E-state index contributed by atoms with van der Waals surface area (Å²) in [5.41, 5.74) is 1.58. The maximum Gasteiger partial charge on any atom is 0.261 e. The molecule has 0 saturated carbocycles. The van der Waals surface area contributed by atoms with E-state index in [9.17, 15) is 14.4 Å². The number of carbonyl (C=O) groups excluding carboxylic acids is 1. The van der Waals surface area contributed by atoms with Crippen LogP contribution in [0.2, 0.25) is 0 Å². The Labute approximate surface area is 190 Å². The molecule has 170 valence electrons. The fourth-order valence-corrected chi connectivity index (χ4v) is 3.69. The summed E-state index contributed by atoms with van der Waals surface area (Å²) >= 11 is 0. The standard InChI is InChI=1S/C25H27N5O3/c1-17(2)11-13-30-16-27-22-10-9-18(14-20(22)25(30)33)28-23(31)8-5-12-29-15-26-21-7-4-3-6-19(21)24(29)32/h3-4,6-7,9-10,14-17H,5,8,11-13H2,1-2H3,(H,28,31). The molecule has 1 amide bonds. The Balaban J connectivity index is 1.40. The molecule has 0 aliphatic heterocycles. The number of carbonyl (C=O) groups is 1. The third kappa shape index (κ3) is 5.16. The van der Waals surface area contributed by atoms with Gasteiger partial charge >= 0.3 is 0 Å². The summed E-state index contributed by atoms with van der Waals surface area (Å²) in [6, 6.07) is 12.3. The van der Waals surface area contributed by atoms with Gasteiger partial charge in [0.25, 0.3) is 11.1 Å². The molecular weight excluding hydrogens is 418 g/mol. The Morgan fingerprint density at radius 2 is 1.58 bits per heavy atom. The number of hydrogen-bond acceptors (Lipinski definition) is 5. The fourth-order valence-electron chi connectivity index (χ4n) is 3.69. The lowest BCUT2D eigenvalue weighted by atomic mass is 10.1. The monoisotopic (exact) mass is 445 g/mol. The van der Waals surface area contributed by atoms with Crippen LogP contribution in [0.15, 0.2) is 64.7 Å². The lowest BCUT2D eigenvalue weighted by Crippen LogP contribution is -2.22. The predicted molar refractivity (Wildman–Crippen MR) is 129 cm³/mol. The van der Waals surface area contributed by atoms with Crippen LogP contribution in [0.1, 0.15) is 33.1 Å². The second-order valence-electron chi connectivity index (χ2n) is 8.57. The smallest absolute Gasteiger partial charge is 0.261 e. The van der Waals surface area contributed by atoms with Crippen molar-refractivity contribution in [2.75, 3.05) is 5.32 Å². The Kier molecular flexibility index (Phi) is 6.63. The van der Waals surface area contributed by atoms with E-state index >= 15 is 0 Å². The van der Waals surface area contributed by atoms with Crippen LogP contribution in [-0.2, 0) is 17.9 Å². The zero-order chi connectivity index (χ0) is 23.4. The van der Waals surface area contributed by atoms with E-state index in [-0.39, 0.29) is 23.4 Å². The molecular formula is C25H27N5O3. The number of nitrogens with zero attached hydrogens (tertiary/aromatic N) is 4. The van der Waals surface area contributed by atoms with Crippen molar-refractivity contribution in [1.82, 2.24) is 19.1 Å². The molecule has 0 saturated heterocycles. The van der Waals surface area contributed by atoms with Crippen molar-refractivity contribution in [3.63, 3.8) is 0 Å². The quantitative estimate of drug-likeness (QED) is 0.447. The molecule has 0 aliphatic rings. The van der Waals surface area contributed by atoms with Gasteiger partial charge in [0.15, 0.2) is 0 Å². The molecule has 0 fully saturated rings. The zero-order valence-corrected chi connectivity index (χ0v) is 18.8. The number of nitrogens with one attached hydrogen (secondary N) is 1. The normalized spacial score (nSPS) is 11.4. The summed E-state index contributed by atoms with van der Waals surface area (Å²) in [4.78, 5) is 46.5. The van der Waals surface area contributed by atoms with Crippen molar-refractivity contribution < 1.29 is 4.79 Å². The van der Waals surface area contributed by atoms with Crippen molar-refractivity contribution in [2.45, 2.75) is 46.2 Å². The second kappa shape index (κ2) is 9.77. The molecule has 33 heavy (non-hydrogen) atoms. The van der Waals surface area contributed by atoms with E-state index in [1.807, 2.05) is 6.07 Å². The molecule has 0 unspecified atom stereocenters. The first-order valence-electron chi connectivity index (χ1n) is 11.2. The summed E-state index contributed by atoms with van der Waals surface area (Å²) in [6.45, 7) is 5.23. The molecule has 0 bridgehead atoms. The number of amides is 1. The minimum Gasteiger partial charge on any atom is -0.326 e. The summed E-state index contributed by atoms with van der Waals surface area (Å²) < 4.78 is 3.14. The summed E-state index contributed by atoms with van der Waals surface area (Å²) in [7, 11) is 0. The van der Waals surface area contributed by atoms with E-state index in [2.05, 4.69) is 29.1 Å². The highest BCUT2D eigenvalue weighted by atomic mass is 16.2. The Bertz CT molecular complexity index is 1420. The summed E-state index contributed by atoms with van der Waals surface area (Å²) in [5, 5.41) is 3.89. The van der Waals surface area contributed by atoms with Gasteiger partial charge in [0, 0.05) is 25.2 Å². The molecule has 2 heterocycles. The zero-order valence-electron chi connectivity index (χ0n) is 18.8. The van der Waals surface area contributed by atoms with Gasteiger partial charge in [-0.15, -0.1) is 0 Å². The summed E-state index contributed by atoms with van der Waals surface area (Å²) in [5.74, 6) is 0.305. The van der Waals surface area contributed by atoms with Gasteiger partial charge in [-0.2, -0.15) is 0 Å². The molecule has 1 N–H and O–H groups in total. The van der Waals surface area contributed by atoms with Gasteiger partial charge in [0.1, 0.15) is 0 Å². The number of para-hydroxylation sites is 1. The number of aryl methyl sites for hydroxylation is 2. The molecule has 0 radical (unpaired) electrons. The third-order valence-corrected chi connectivity index (χ3v) is 5.59. The Morgan fingerprint density at radius 1 is 0.909 bits per heavy atom. The molecule has 8 heteroatoms. The van der Waals surface area contributed by atoms with Gasteiger partial charge in [-0.3, -0.25) is 23.5 Å². The molecule has 0 spiro atoms. The van der Waals surface area contributed by atoms with Crippen LogP contribution in [-0.4, -0.2) is 25.0 Å². The molecule has 2 aromatic heterocycles. The predicted octanol–water partition coefficient (Wildman–Crippen LogP) is 3.57. The minimum atomic E-state index is -0.180. The van der Waals surface area contributed by atoms with E-state index in [0.717, 1.165) is 6.42 Å². The van der Waals surface area contributed by atoms with Crippen molar-refractivity contribution in [3.05, 3.63) is 75.8 Å². The van der Waals surface area contributed by atoms with Gasteiger partial charge in [-0.1, -0.05) is 26.0 Å². The number of anilines is 1. The number of rotatable bonds is 8. The van der Waals surface area contributed by atoms with Gasteiger partial charge in [-0.05, 0) is 49.1 Å². The van der Waals surface area contributed by atoms with Gasteiger partial charge in [0.05, 0.1) is 34.5 Å². The number of hydrogen-bond donors (Lipinski definition) is 1. The van der Waals surface area contributed by atoms with E-state index in [4.69, 9.17) is 0 Å². The van der Waals surface area contributed by atoms with E-state index in [0.29, 0.717) is 52.9 Å². The maximum atomic E-state index is 12.8. The topological polar surface area (TPSA) is 98.9 Å². The average molecular weight is 446 g/mol. The molecule has 0 aliphatic carbocycles. The number of fused-ring (bicyclic) bond motifs is 2. The van der Waals surface area contributed by atoms with Crippen LogP contribution in [0.25, 0.3) is 21.8 Å². The highest BCUT2D eigenvalue weighted by molar-refractivity contribution is 5.93. The van der Waals surface area contributed by atoms with Crippen molar-refractivity contribution in [3.8, 4) is 0 Å². The molecule has 4 aromatic rings. The molecule has 4 rings (SSSR count). The SMILES string of the molecule is CC(C)CCn1cnc2ccc(NC(=O)CCCn3cnc4ccccc4c3=O)cc2c1=O. The van der Waals surface area contributed by atoms with Crippen LogP contribution >= 0.6 is 0 Å². The second-order valence-corrected chi connectivity index (χ2v) is 8.57. The van der Waals surface area contributed by atoms with E-state index in [1.165, 1.54) is 10.9 Å².